The highest BCUT2D eigenvalue weighted by atomic mass is 16.5. The minimum atomic E-state index is -0.301. The Morgan fingerprint density at radius 3 is 2.75 bits per heavy atom. The Balaban J connectivity index is 1.56. The molecular weight excluding hydrogens is 356 g/mol. The average molecular weight is 376 g/mol. The van der Waals surface area contributed by atoms with E-state index in [1.807, 2.05) is 49.6 Å². The Kier molecular flexibility index (Phi) is 4.86. The zero-order valence-corrected chi connectivity index (χ0v) is 15.6. The van der Waals surface area contributed by atoms with Gasteiger partial charge in [0.1, 0.15) is 5.56 Å². The minimum absolute atomic E-state index is 0.246. The van der Waals surface area contributed by atoms with E-state index in [-0.39, 0.29) is 11.9 Å². The fraction of sp³-hybridized carbons (Fsp3) is 0.200. The minimum Gasteiger partial charge on any atom is -0.382 e. The molecule has 0 fully saturated rings. The molecule has 0 aliphatic heterocycles. The van der Waals surface area contributed by atoms with E-state index >= 15 is 0 Å². The van der Waals surface area contributed by atoms with Gasteiger partial charge in [0.25, 0.3) is 5.91 Å². The van der Waals surface area contributed by atoms with Crippen LogP contribution in [0.25, 0.3) is 11.3 Å². The predicted molar refractivity (Wildman–Crippen MR) is 103 cm³/mol. The van der Waals surface area contributed by atoms with Crippen molar-refractivity contribution >= 4 is 11.6 Å². The van der Waals surface area contributed by atoms with Crippen LogP contribution in [0.15, 0.2) is 61.3 Å². The zero-order chi connectivity index (χ0) is 19.5. The normalized spacial score (nSPS) is 12.2. The maximum atomic E-state index is 12.8. The van der Waals surface area contributed by atoms with Crippen molar-refractivity contribution in [1.82, 2.24) is 29.7 Å². The number of amides is 1. The van der Waals surface area contributed by atoms with Crippen LogP contribution >= 0.6 is 0 Å². The van der Waals surface area contributed by atoms with Crippen LogP contribution < -0.4 is 5.32 Å². The summed E-state index contributed by atoms with van der Waals surface area (Å²) in [6.45, 7) is 2.27. The molecule has 8 heteroatoms. The smallest absolute Gasteiger partial charge is 0.257 e. The lowest BCUT2D eigenvalue weighted by Gasteiger charge is -2.18. The highest BCUT2D eigenvalue weighted by molar-refractivity contribution is 5.99. The van der Waals surface area contributed by atoms with Gasteiger partial charge in [-0.3, -0.25) is 4.79 Å². The number of aryl methyl sites for hydroxylation is 1. The highest BCUT2D eigenvalue weighted by Gasteiger charge is 2.19. The summed E-state index contributed by atoms with van der Waals surface area (Å²) in [5.74, 6) is -0.246. The number of ether oxygens (including phenoxy) is 1. The summed E-state index contributed by atoms with van der Waals surface area (Å²) in [5, 5.41) is 11.5. The standard InChI is InChI=1S/C20H20N6O2/c1-14-10-21-19-17(11-23-26(19)12-14)20(27)24-18(13-28-2)15-4-6-16(7-5-15)25-9-3-8-22-25/h3-12,18H,13H2,1-2H3,(H,24,27). The van der Waals surface area contributed by atoms with Crippen molar-refractivity contribution in [2.45, 2.75) is 13.0 Å². The van der Waals surface area contributed by atoms with Crippen LogP contribution in [0.5, 0.6) is 0 Å². The number of hydrogen-bond donors (Lipinski definition) is 1. The first-order valence-electron chi connectivity index (χ1n) is 8.85. The van der Waals surface area contributed by atoms with Crippen molar-refractivity contribution in [2.24, 2.45) is 0 Å². The molecule has 0 spiro atoms. The number of benzene rings is 1. The molecule has 0 aliphatic carbocycles. The summed E-state index contributed by atoms with van der Waals surface area (Å²) >= 11 is 0. The van der Waals surface area contributed by atoms with Gasteiger partial charge in [0.2, 0.25) is 0 Å². The van der Waals surface area contributed by atoms with E-state index < -0.39 is 0 Å². The predicted octanol–water partition coefficient (Wildman–Crippen LogP) is 2.34. The van der Waals surface area contributed by atoms with E-state index in [9.17, 15) is 4.79 Å². The summed E-state index contributed by atoms with van der Waals surface area (Å²) < 4.78 is 8.70. The monoisotopic (exact) mass is 376 g/mol. The molecule has 0 saturated heterocycles. The molecule has 1 unspecified atom stereocenters. The van der Waals surface area contributed by atoms with Gasteiger partial charge >= 0.3 is 0 Å². The third-order valence-corrected chi connectivity index (χ3v) is 4.43. The van der Waals surface area contributed by atoms with Crippen LogP contribution in [0.4, 0.5) is 0 Å². The molecule has 1 aromatic carbocycles. The number of carbonyl (C=O) groups is 1. The van der Waals surface area contributed by atoms with E-state index in [0.717, 1.165) is 16.8 Å². The van der Waals surface area contributed by atoms with Crippen LogP contribution in [0.1, 0.15) is 27.5 Å². The highest BCUT2D eigenvalue weighted by Crippen LogP contribution is 2.18. The van der Waals surface area contributed by atoms with E-state index in [0.29, 0.717) is 17.8 Å². The van der Waals surface area contributed by atoms with Gasteiger partial charge in [-0.2, -0.15) is 10.2 Å². The topological polar surface area (TPSA) is 86.3 Å². The van der Waals surface area contributed by atoms with Gasteiger partial charge in [0.05, 0.1) is 24.5 Å². The second-order valence-corrected chi connectivity index (χ2v) is 6.48. The number of rotatable bonds is 6. The SMILES string of the molecule is COCC(NC(=O)c1cnn2cc(C)cnc12)c1ccc(-n2cccn2)cc1. The molecular formula is C20H20N6O2. The van der Waals surface area contributed by atoms with Gasteiger partial charge in [-0.05, 0) is 36.2 Å². The average Bonchev–Trinajstić information content (AvgIpc) is 3.37. The molecule has 1 amide bonds. The van der Waals surface area contributed by atoms with Crippen molar-refractivity contribution in [3.05, 3.63) is 78.0 Å². The van der Waals surface area contributed by atoms with E-state index in [2.05, 4.69) is 20.5 Å². The molecule has 3 heterocycles. The molecule has 8 nitrogen and oxygen atoms in total. The molecule has 0 radical (unpaired) electrons. The Morgan fingerprint density at radius 2 is 2.04 bits per heavy atom. The zero-order valence-electron chi connectivity index (χ0n) is 15.6. The molecule has 0 saturated carbocycles. The molecule has 4 rings (SSSR count). The largest absolute Gasteiger partial charge is 0.382 e. The molecule has 1 N–H and O–H groups in total. The molecule has 4 aromatic rings. The second kappa shape index (κ2) is 7.61. The second-order valence-electron chi connectivity index (χ2n) is 6.48. The number of nitrogens with zero attached hydrogens (tertiary/aromatic N) is 5. The van der Waals surface area contributed by atoms with E-state index in [1.54, 1.807) is 28.7 Å². The molecule has 0 aliphatic rings. The van der Waals surface area contributed by atoms with Crippen LogP contribution in [0, 0.1) is 6.92 Å². The maximum Gasteiger partial charge on any atom is 0.257 e. The van der Waals surface area contributed by atoms with Gasteiger partial charge < -0.3 is 10.1 Å². The fourth-order valence-corrected chi connectivity index (χ4v) is 3.03. The van der Waals surface area contributed by atoms with Crippen LogP contribution in [0.3, 0.4) is 0 Å². The lowest BCUT2D eigenvalue weighted by Crippen LogP contribution is -2.31. The van der Waals surface area contributed by atoms with Gasteiger partial charge in [-0.25, -0.2) is 14.2 Å². The summed E-state index contributed by atoms with van der Waals surface area (Å²) in [7, 11) is 1.61. The van der Waals surface area contributed by atoms with Gasteiger partial charge in [-0.1, -0.05) is 12.1 Å². The number of hydrogen-bond acceptors (Lipinski definition) is 5. The number of fused-ring (bicyclic) bond motifs is 1. The lowest BCUT2D eigenvalue weighted by molar-refractivity contribution is 0.0898. The number of carbonyl (C=O) groups excluding carboxylic acids is 1. The fourth-order valence-electron chi connectivity index (χ4n) is 3.03. The van der Waals surface area contributed by atoms with E-state index in [4.69, 9.17) is 4.74 Å². The first kappa shape index (κ1) is 17.9. The molecule has 0 bridgehead atoms. The molecule has 1 atom stereocenters. The van der Waals surface area contributed by atoms with Crippen molar-refractivity contribution in [3.8, 4) is 5.69 Å². The summed E-state index contributed by atoms with van der Waals surface area (Å²) in [6.07, 6.45) is 8.69. The van der Waals surface area contributed by atoms with Crippen molar-refractivity contribution in [1.29, 1.82) is 0 Å². The third-order valence-electron chi connectivity index (χ3n) is 4.43. The lowest BCUT2D eigenvalue weighted by atomic mass is 10.1. The number of methoxy groups -OCH3 is 1. The Morgan fingerprint density at radius 1 is 1.21 bits per heavy atom. The van der Waals surface area contributed by atoms with Gasteiger partial charge in [0.15, 0.2) is 5.65 Å². The Bertz CT molecular complexity index is 1090. The number of aromatic nitrogens is 5. The summed E-state index contributed by atoms with van der Waals surface area (Å²) in [5.41, 5.74) is 3.80. The van der Waals surface area contributed by atoms with Crippen LogP contribution in [-0.2, 0) is 4.74 Å². The third kappa shape index (κ3) is 3.49. The van der Waals surface area contributed by atoms with E-state index in [1.165, 1.54) is 6.20 Å². The van der Waals surface area contributed by atoms with Gasteiger partial charge in [-0.15, -0.1) is 0 Å². The van der Waals surface area contributed by atoms with Gasteiger partial charge in [0, 0.05) is 31.9 Å². The summed E-state index contributed by atoms with van der Waals surface area (Å²) in [4.78, 5) is 17.2. The number of nitrogens with one attached hydrogen (secondary N) is 1. The first-order valence-corrected chi connectivity index (χ1v) is 8.85. The first-order chi connectivity index (χ1) is 13.7. The molecule has 3 aromatic heterocycles. The molecule has 142 valence electrons. The maximum absolute atomic E-state index is 12.8. The Hall–Kier alpha value is -3.52. The van der Waals surface area contributed by atoms with Crippen LogP contribution in [0.2, 0.25) is 0 Å². The van der Waals surface area contributed by atoms with Crippen molar-refractivity contribution in [3.63, 3.8) is 0 Å². The van der Waals surface area contributed by atoms with Crippen LogP contribution in [-0.4, -0.2) is 44.0 Å². The molecule has 28 heavy (non-hydrogen) atoms. The van der Waals surface area contributed by atoms with Crippen molar-refractivity contribution in [2.75, 3.05) is 13.7 Å². The summed E-state index contributed by atoms with van der Waals surface area (Å²) in [6, 6.07) is 9.39. The van der Waals surface area contributed by atoms with Crippen molar-refractivity contribution < 1.29 is 9.53 Å². The Labute approximate surface area is 161 Å². The quantitative estimate of drug-likeness (QED) is 0.558.